The van der Waals surface area contributed by atoms with Crippen LogP contribution < -0.4 is 24.8 Å². The predicted octanol–water partition coefficient (Wildman–Crippen LogP) is 0.711. The largest absolute Gasteiger partial charge is 1.00 e. The molecule has 4 rings (SSSR count). The zero-order valence-electron chi connectivity index (χ0n) is 17.0. The van der Waals surface area contributed by atoms with Crippen LogP contribution in [0.3, 0.4) is 0 Å². The Labute approximate surface area is 190 Å². The van der Waals surface area contributed by atoms with Gasteiger partial charge in [-0.05, 0) is 0 Å². The molecule has 0 heterocycles. The van der Waals surface area contributed by atoms with Gasteiger partial charge < -0.3 is 24.8 Å². The van der Waals surface area contributed by atoms with E-state index in [1.165, 1.54) is 17.5 Å². The van der Waals surface area contributed by atoms with E-state index in [-0.39, 0.29) is 24.8 Å². The van der Waals surface area contributed by atoms with Crippen LogP contribution in [-0.4, -0.2) is 3.26 Å². The van der Waals surface area contributed by atoms with Gasteiger partial charge in [0.2, 0.25) is 0 Å². The van der Waals surface area contributed by atoms with Gasteiger partial charge in [-0.15, -0.1) is 0 Å². The van der Waals surface area contributed by atoms with Gasteiger partial charge in [-0.1, -0.05) is 0 Å². The predicted molar refractivity (Wildman–Crippen MR) is 110 cm³/mol. The first kappa shape index (κ1) is 23.5. The van der Waals surface area contributed by atoms with Crippen molar-refractivity contribution in [3.05, 3.63) is 81.2 Å². The van der Waals surface area contributed by atoms with Crippen LogP contribution in [0.15, 0.2) is 70.1 Å². The second kappa shape index (κ2) is 9.83. The maximum Gasteiger partial charge on any atom is -1.00 e. The molecule has 0 bridgehead atoms. The fourth-order valence-electron chi connectivity index (χ4n) is 4.94. The van der Waals surface area contributed by atoms with E-state index >= 15 is 0 Å². The maximum absolute atomic E-state index is 2.47. The van der Waals surface area contributed by atoms with Gasteiger partial charge in [0, 0.05) is 0 Å². The first-order chi connectivity index (χ1) is 12.6. The van der Waals surface area contributed by atoms with Gasteiger partial charge in [0.15, 0.2) is 0 Å². The van der Waals surface area contributed by atoms with E-state index in [4.69, 9.17) is 0 Å². The van der Waals surface area contributed by atoms with Crippen LogP contribution in [0.5, 0.6) is 0 Å². The molecule has 0 unspecified atom stereocenters. The summed E-state index contributed by atoms with van der Waals surface area (Å²) in [5.74, 6) is 1.36. The van der Waals surface area contributed by atoms with Crippen molar-refractivity contribution in [2.45, 2.75) is 37.8 Å². The third kappa shape index (κ3) is 4.09. The van der Waals surface area contributed by atoms with Crippen molar-refractivity contribution in [3.8, 4) is 11.1 Å². The van der Waals surface area contributed by atoms with Crippen LogP contribution in [-0.2, 0) is 21.0 Å². The second-order valence-corrected chi connectivity index (χ2v) is 17.5. The number of fused-ring (bicyclic) bond motifs is 3. The summed E-state index contributed by atoms with van der Waals surface area (Å²) in [6.07, 6.45) is 8.32. The van der Waals surface area contributed by atoms with E-state index < -0.39 is 21.0 Å². The molecule has 2 aliphatic carbocycles. The second-order valence-electron chi connectivity index (χ2n) is 8.11. The molecule has 2 aromatic carbocycles. The van der Waals surface area contributed by atoms with Crippen LogP contribution in [0.4, 0.5) is 0 Å². The summed E-state index contributed by atoms with van der Waals surface area (Å²) in [4.78, 5) is 0. The monoisotopic (exact) mass is 578 g/mol. The van der Waals surface area contributed by atoms with Crippen LogP contribution in [0.25, 0.3) is 11.1 Å². The van der Waals surface area contributed by atoms with Crippen molar-refractivity contribution >= 4 is 3.26 Å². The molecule has 0 aliphatic heterocycles. The Balaban J connectivity index is 0.00000140. The minimum absolute atomic E-state index is 0. The first-order valence-corrected chi connectivity index (χ1v) is 15.5. The summed E-state index contributed by atoms with van der Waals surface area (Å²) in [5.41, 5.74) is 6.16. The van der Waals surface area contributed by atoms with Crippen molar-refractivity contribution in [1.82, 2.24) is 0 Å². The zero-order chi connectivity index (χ0) is 18.3. The molecule has 3 heteroatoms. The summed E-state index contributed by atoms with van der Waals surface area (Å²) < 4.78 is 4.35. The third-order valence-corrected chi connectivity index (χ3v) is 20.3. The number of hydrogen-bond donors (Lipinski definition) is 0. The quantitative estimate of drug-likeness (QED) is 0.470. The fourth-order valence-corrected chi connectivity index (χ4v) is 19.5. The van der Waals surface area contributed by atoms with E-state index in [9.17, 15) is 0 Å². The van der Waals surface area contributed by atoms with Crippen LogP contribution in [0, 0.1) is 11.8 Å². The normalized spacial score (nSPS) is 14.0. The molecule has 2 aliphatic rings. The van der Waals surface area contributed by atoms with Crippen molar-refractivity contribution in [3.63, 3.8) is 0 Å². The van der Waals surface area contributed by atoms with Gasteiger partial charge in [-0.2, -0.15) is 0 Å². The summed E-state index contributed by atoms with van der Waals surface area (Å²) in [7, 11) is 0. The smallest absolute Gasteiger partial charge is 1.00 e. The maximum atomic E-state index is 2.47. The van der Waals surface area contributed by atoms with E-state index in [1.54, 1.807) is 14.5 Å². The van der Waals surface area contributed by atoms with Gasteiger partial charge in [-0.25, -0.2) is 0 Å². The third-order valence-electron chi connectivity index (χ3n) is 5.79. The number of halogens is 2. The van der Waals surface area contributed by atoms with Gasteiger partial charge in [0.1, 0.15) is 0 Å². The van der Waals surface area contributed by atoms with E-state index in [0.29, 0.717) is 15.5 Å². The summed E-state index contributed by atoms with van der Waals surface area (Å²) >= 11 is -2.29. The Bertz CT molecular complexity index is 880. The molecule has 0 saturated carbocycles. The van der Waals surface area contributed by atoms with E-state index in [0.717, 1.165) is 0 Å². The molecular weight excluding hydrogens is 550 g/mol. The Morgan fingerprint density at radius 1 is 0.821 bits per heavy atom. The van der Waals surface area contributed by atoms with Gasteiger partial charge >= 0.3 is 166 Å². The summed E-state index contributed by atoms with van der Waals surface area (Å²) in [6, 6.07) is 18.4. The minimum atomic E-state index is -2.29. The number of rotatable bonds is 4. The summed E-state index contributed by atoms with van der Waals surface area (Å²) in [5, 5.41) is 0. The molecule has 2 aromatic rings. The molecule has 0 N–H and O–H groups in total. The van der Waals surface area contributed by atoms with Gasteiger partial charge in [0.05, 0.1) is 0 Å². The molecule has 0 amide bonds. The molecule has 0 radical (unpaired) electrons. The fraction of sp³-hybridized carbons (Fsp3) is 0.320. The Morgan fingerprint density at radius 3 is 1.75 bits per heavy atom. The molecule has 0 nitrogen and oxygen atoms in total. The van der Waals surface area contributed by atoms with Crippen molar-refractivity contribution in [1.29, 1.82) is 0 Å². The number of allylic oxidation sites excluding steroid dienone is 4. The van der Waals surface area contributed by atoms with E-state index in [1.807, 2.05) is 3.26 Å². The molecule has 0 fully saturated rings. The molecule has 0 aromatic heterocycles. The minimum Gasteiger partial charge on any atom is -1.00 e. The van der Waals surface area contributed by atoms with Crippen LogP contribution >= 0.6 is 0 Å². The molecule has 146 valence electrons. The molecule has 0 atom stereocenters. The van der Waals surface area contributed by atoms with Gasteiger partial charge in [0.25, 0.3) is 0 Å². The van der Waals surface area contributed by atoms with Crippen molar-refractivity contribution < 1.29 is 45.8 Å². The SMILES string of the molecule is CC(C)[C](C(C)C)=[Hf+2]([C]1=CC=CC1)[CH]1c2ccccc2-c2ccccc21.[Cl-].[Cl-]. The van der Waals surface area contributed by atoms with Crippen LogP contribution in [0.2, 0.25) is 0 Å². The number of benzene rings is 2. The zero-order valence-corrected chi connectivity index (χ0v) is 22.2. The van der Waals surface area contributed by atoms with Crippen LogP contribution in [0.1, 0.15) is 48.9 Å². The molecular formula is C25H28Cl2Hf. The Kier molecular flexibility index (Phi) is 8.26. The molecule has 28 heavy (non-hydrogen) atoms. The average Bonchev–Trinajstić information content (AvgIpc) is 3.26. The Morgan fingerprint density at radius 2 is 1.32 bits per heavy atom. The van der Waals surface area contributed by atoms with E-state index in [2.05, 4.69) is 94.5 Å². The topological polar surface area (TPSA) is 0 Å². The first-order valence-electron chi connectivity index (χ1n) is 9.87. The molecule has 0 spiro atoms. The van der Waals surface area contributed by atoms with Crippen molar-refractivity contribution in [2.75, 3.05) is 0 Å². The average molecular weight is 578 g/mol. The summed E-state index contributed by atoms with van der Waals surface area (Å²) in [6.45, 7) is 9.71. The van der Waals surface area contributed by atoms with Gasteiger partial charge in [-0.3, -0.25) is 0 Å². The van der Waals surface area contributed by atoms with Crippen molar-refractivity contribution in [2.24, 2.45) is 11.8 Å². The number of hydrogen-bond acceptors (Lipinski definition) is 0. The molecule has 0 saturated heterocycles. The Hall–Kier alpha value is -0.760. The standard InChI is InChI=1S/C13H9.C7H14.C5H5.2ClH.Hf/c1-3-7-12-10(5-1)9-11-6-2-4-8-13(11)12;1-6(2)5-7(3)4;1-2-4-5-3-1;;;/h1-9H;6-7H,1-4H3;1-3H,4H2;2*1H;/q;;;;;+2/p-2.